The molecule has 6 nitrogen and oxygen atoms in total. The normalized spacial score (nSPS) is 20.9. The monoisotopic (exact) mass is 339 g/mol. The summed E-state index contributed by atoms with van der Waals surface area (Å²) in [5.41, 5.74) is 0.498. The lowest BCUT2D eigenvalue weighted by Crippen LogP contribution is -2.32. The van der Waals surface area contributed by atoms with Crippen LogP contribution < -0.4 is 0 Å². The molecule has 1 fully saturated rings. The minimum atomic E-state index is -3.50. The molecule has 3 rings (SSSR count). The van der Waals surface area contributed by atoms with Crippen LogP contribution in [0.2, 0.25) is 0 Å². The predicted molar refractivity (Wildman–Crippen MR) is 87.9 cm³/mol. The van der Waals surface area contributed by atoms with Crippen LogP contribution in [0.1, 0.15) is 49.5 Å². The van der Waals surface area contributed by atoms with Crippen LogP contribution in [0.3, 0.4) is 0 Å². The Hall–Kier alpha value is -1.34. The fourth-order valence-corrected chi connectivity index (χ4v) is 4.98. The maximum atomic E-state index is 12.9. The first-order valence-electron chi connectivity index (χ1n) is 8.53. The van der Waals surface area contributed by atoms with Crippen molar-refractivity contribution in [2.24, 2.45) is 0 Å². The highest BCUT2D eigenvalue weighted by atomic mass is 32.2. The third-order valence-electron chi connectivity index (χ3n) is 4.79. The van der Waals surface area contributed by atoms with Crippen molar-refractivity contribution in [1.29, 1.82) is 0 Å². The maximum absolute atomic E-state index is 12.9. The number of hydrogen-bond acceptors (Lipinski definition) is 3. The van der Waals surface area contributed by atoms with Crippen LogP contribution in [-0.4, -0.2) is 54.3 Å². The van der Waals surface area contributed by atoms with Crippen LogP contribution in [-0.2, 0) is 16.6 Å². The van der Waals surface area contributed by atoms with Crippen LogP contribution >= 0.6 is 0 Å². The standard InChI is InChI=1S/C16H25N3O3S/c1-2-17-8-7-9-18-13-14(12-15(18)16(17)20)23(21,22)19-10-5-3-4-6-11-19/h12-13H,2-11H2,1H3. The van der Waals surface area contributed by atoms with E-state index in [9.17, 15) is 13.2 Å². The number of rotatable bonds is 3. The molecule has 2 aliphatic heterocycles. The van der Waals surface area contributed by atoms with Crippen molar-refractivity contribution >= 4 is 15.9 Å². The highest BCUT2D eigenvalue weighted by Crippen LogP contribution is 2.24. The van der Waals surface area contributed by atoms with Gasteiger partial charge in [-0.05, 0) is 32.3 Å². The van der Waals surface area contributed by atoms with Gasteiger partial charge in [0, 0.05) is 38.9 Å². The Morgan fingerprint density at radius 3 is 2.35 bits per heavy atom. The average molecular weight is 339 g/mol. The van der Waals surface area contributed by atoms with Crippen molar-refractivity contribution in [1.82, 2.24) is 13.8 Å². The Morgan fingerprint density at radius 2 is 1.70 bits per heavy atom. The average Bonchev–Trinajstić information content (AvgIpc) is 2.71. The number of nitrogens with zero attached hydrogens (tertiary/aromatic N) is 3. The maximum Gasteiger partial charge on any atom is 0.270 e. The second kappa shape index (κ2) is 6.65. The van der Waals surface area contributed by atoms with E-state index in [-0.39, 0.29) is 10.8 Å². The molecule has 0 bridgehead atoms. The zero-order chi connectivity index (χ0) is 16.4. The second-order valence-electron chi connectivity index (χ2n) is 6.31. The number of amides is 1. The van der Waals surface area contributed by atoms with Gasteiger partial charge in [-0.15, -0.1) is 0 Å². The smallest absolute Gasteiger partial charge is 0.270 e. The molecule has 0 saturated carbocycles. The first-order chi connectivity index (χ1) is 11.0. The fourth-order valence-electron chi connectivity index (χ4n) is 3.42. The topological polar surface area (TPSA) is 62.6 Å². The molecular weight excluding hydrogens is 314 g/mol. The van der Waals surface area contributed by atoms with Gasteiger partial charge in [0.05, 0.1) is 0 Å². The molecule has 2 aliphatic rings. The number of carbonyl (C=O) groups excluding carboxylic acids is 1. The molecule has 0 aromatic carbocycles. The van der Waals surface area contributed by atoms with Crippen LogP contribution in [0.4, 0.5) is 0 Å². The lowest BCUT2D eigenvalue weighted by molar-refractivity contribution is 0.0766. The first-order valence-corrected chi connectivity index (χ1v) is 9.97. The molecule has 23 heavy (non-hydrogen) atoms. The predicted octanol–water partition coefficient (Wildman–Crippen LogP) is 1.92. The van der Waals surface area contributed by atoms with Gasteiger partial charge in [-0.3, -0.25) is 4.79 Å². The molecule has 1 amide bonds. The van der Waals surface area contributed by atoms with Gasteiger partial charge in [-0.2, -0.15) is 4.31 Å². The number of aryl methyl sites for hydroxylation is 1. The van der Waals surface area contributed by atoms with Gasteiger partial charge in [-0.1, -0.05) is 12.8 Å². The van der Waals surface area contributed by atoms with Crippen LogP contribution in [0.25, 0.3) is 0 Å². The van der Waals surface area contributed by atoms with Gasteiger partial charge >= 0.3 is 0 Å². The summed E-state index contributed by atoms with van der Waals surface area (Å²) in [6.07, 6.45) is 6.49. The summed E-state index contributed by atoms with van der Waals surface area (Å²) in [6.45, 7) is 5.18. The first kappa shape index (κ1) is 16.5. The van der Waals surface area contributed by atoms with E-state index < -0.39 is 10.0 Å². The molecule has 3 heterocycles. The molecule has 1 saturated heterocycles. The minimum absolute atomic E-state index is 0.0673. The van der Waals surface area contributed by atoms with E-state index in [2.05, 4.69) is 0 Å². The fraction of sp³-hybridized carbons (Fsp3) is 0.688. The molecule has 0 spiro atoms. The quantitative estimate of drug-likeness (QED) is 0.845. The number of hydrogen-bond donors (Lipinski definition) is 0. The third-order valence-corrected chi connectivity index (χ3v) is 6.65. The largest absolute Gasteiger partial charge is 0.342 e. The molecule has 0 atom stereocenters. The van der Waals surface area contributed by atoms with E-state index in [1.165, 1.54) is 0 Å². The highest BCUT2D eigenvalue weighted by Gasteiger charge is 2.30. The van der Waals surface area contributed by atoms with Gasteiger partial charge in [0.15, 0.2) is 0 Å². The summed E-state index contributed by atoms with van der Waals surface area (Å²) in [6, 6.07) is 1.57. The summed E-state index contributed by atoms with van der Waals surface area (Å²) in [5.74, 6) is -0.0673. The molecular formula is C16H25N3O3S. The number of fused-ring (bicyclic) bond motifs is 1. The van der Waals surface area contributed by atoms with Crippen LogP contribution in [0.15, 0.2) is 17.2 Å². The molecule has 7 heteroatoms. The summed E-state index contributed by atoms with van der Waals surface area (Å²) >= 11 is 0. The Bertz CT molecular complexity index is 673. The van der Waals surface area contributed by atoms with Crippen molar-refractivity contribution in [2.75, 3.05) is 26.2 Å². The van der Waals surface area contributed by atoms with E-state index in [4.69, 9.17) is 0 Å². The molecule has 1 aromatic heterocycles. The Kier molecular flexibility index (Phi) is 4.77. The molecule has 0 radical (unpaired) electrons. The third kappa shape index (κ3) is 3.17. The van der Waals surface area contributed by atoms with Crippen molar-refractivity contribution in [3.05, 3.63) is 18.0 Å². The molecule has 0 unspecified atom stereocenters. The van der Waals surface area contributed by atoms with E-state index >= 15 is 0 Å². The van der Waals surface area contributed by atoms with Crippen molar-refractivity contribution in [2.45, 2.75) is 50.5 Å². The summed E-state index contributed by atoms with van der Waals surface area (Å²) in [5, 5.41) is 0. The lowest BCUT2D eigenvalue weighted by Gasteiger charge is -2.19. The van der Waals surface area contributed by atoms with Gasteiger partial charge in [0.1, 0.15) is 10.6 Å². The summed E-state index contributed by atoms with van der Waals surface area (Å²) in [7, 11) is -3.50. The number of sulfonamides is 1. The van der Waals surface area contributed by atoms with E-state index in [0.717, 1.165) is 38.6 Å². The second-order valence-corrected chi connectivity index (χ2v) is 8.25. The van der Waals surface area contributed by atoms with E-state index in [1.54, 1.807) is 21.5 Å². The minimum Gasteiger partial charge on any atom is -0.342 e. The van der Waals surface area contributed by atoms with Gasteiger partial charge in [-0.25, -0.2) is 8.42 Å². The Morgan fingerprint density at radius 1 is 1.00 bits per heavy atom. The summed E-state index contributed by atoms with van der Waals surface area (Å²) < 4.78 is 29.2. The van der Waals surface area contributed by atoms with Crippen LogP contribution in [0.5, 0.6) is 0 Å². The molecule has 1 aromatic rings. The zero-order valence-electron chi connectivity index (χ0n) is 13.7. The summed E-state index contributed by atoms with van der Waals surface area (Å²) in [4.78, 5) is 14.6. The molecule has 0 aliphatic carbocycles. The Balaban J connectivity index is 1.92. The van der Waals surface area contributed by atoms with Crippen molar-refractivity contribution < 1.29 is 13.2 Å². The zero-order valence-corrected chi connectivity index (χ0v) is 14.5. The van der Waals surface area contributed by atoms with Crippen molar-refractivity contribution in [3.63, 3.8) is 0 Å². The van der Waals surface area contributed by atoms with E-state index in [0.29, 0.717) is 31.9 Å². The van der Waals surface area contributed by atoms with Gasteiger partial charge in [0.25, 0.3) is 5.91 Å². The van der Waals surface area contributed by atoms with Gasteiger partial charge < -0.3 is 9.47 Å². The van der Waals surface area contributed by atoms with E-state index in [1.807, 2.05) is 11.5 Å². The lowest BCUT2D eigenvalue weighted by atomic mass is 10.2. The van der Waals surface area contributed by atoms with Gasteiger partial charge in [0.2, 0.25) is 10.0 Å². The van der Waals surface area contributed by atoms with Crippen LogP contribution in [0, 0.1) is 0 Å². The Labute approximate surface area is 138 Å². The number of carbonyl (C=O) groups is 1. The number of aromatic nitrogens is 1. The highest BCUT2D eigenvalue weighted by molar-refractivity contribution is 7.89. The SMILES string of the molecule is CCN1CCCn2cc(S(=O)(=O)N3CCCCCC3)cc2C1=O. The van der Waals surface area contributed by atoms with Crippen molar-refractivity contribution in [3.8, 4) is 0 Å². The molecule has 0 N–H and O–H groups in total. The molecule has 128 valence electrons.